The molecule has 0 spiro atoms. The highest BCUT2D eigenvalue weighted by atomic mass is 19.4. The Balaban J connectivity index is 2.64. The van der Waals surface area contributed by atoms with Gasteiger partial charge >= 0.3 is 6.18 Å². The predicted molar refractivity (Wildman–Crippen MR) is 58.1 cm³/mol. The van der Waals surface area contributed by atoms with Crippen molar-refractivity contribution in [2.45, 2.75) is 19.0 Å². The van der Waals surface area contributed by atoms with Crippen molar-refractivity contribution >= 4 is 11.5 Å². The first-order chi connectivity index (χ1) is 7.82. The summed E-state index contributed by atoms with van der Waals surface area (Å²) < 4.78 is 38.6. The highest BCUT2D eigenvalue weighted by Crippen LogP contribution is 2.44. The second-order valence-electron chi connectivity index (χ2n) is 4.28. The molecule has 1 atom stereocenters. The summed E-state index contributed by atoms with van der Waals surface area (Å²) in [6.07, 6.45) is -4.41. The van der Waals surface area contributed by atoms with Gasteiger partial charge in [0.1, 0.15) is 5.78 Å². The Morgan fingerprint density at radius 3 is 2.59 bits per heavy atom. The van der Waals surface area contributed by atoms with Crippen LogP contribution in [0.3, 0.4) is 0 Å². The molecule has 0 saturated carbocycles. The molecule has 0 aliphatic carbocycles. The molecule has 92 valence electrons. The third kappa shape index (κ3) is 1.90. The van der Waals surface area contributed by atoms with Crippen LogP contribution in [-0.2, 0) is 11.0 Å². The quantitative estimate of drug-likeness (QED) is 0.756. The predicted octanol–water partition coefficient (Wildman–Crippen LogP) is 2.83. The third-order valence-electron chi connectivity index (χ3n) is 3.10. The number of rotatable bonds is 1. The molecule has 1 heterocycles. The van der Waals surface area contributed by atoms with Crippen LogP contribution in [0, 0.1) is 0 Å². The van der Waals surface area contributed by atoms with Crippen molar-refractivity contribution in [2.75, 3.05) is 18.5 Å². The van der Waals surface area contributed by atoms with Gasteiger partial charge in [0.05, 0.1) is 11.5 Å². The summed E-state index contributed by atoms with van der Waals surface area (Å²) in [5.41, 5.74) is -0.0745. The molecular formula is C12H12F3NO. The Morgan fingerprint density at radius 2 is 2.06 bits per heavy atom. The smallest absolute Gasteiger partial charge is 0.373 e. The minimum atomic E-state index is -4.41. The van der Waals surface area contributed by atoms with Crippen LogP contribution in [0.5, 0.6) is 0 Å². The molecule has 0 amide bonds. The Labute approximate surface area is 97.0 Å². The van der Waals surface area contributed by atoms with E-state index in [2.05, 4.69) is 0 Å². The Bertz CT molecular complexity index is 467. The van der Waals surface area contributed by atoms with Crippen molar-refractivity contribution in [3.05, 3.63) is 29.3 Å². The first-order valence-corrected chi connectivity index (χ1v) is 5.24. The number of halogens is 3. The van der Waals surface area contributed by atoms with Crippen LogP contribution < -0.4 is 4.90 Å². The molecule has 1 aromatic rings. The molecule has 0 bridgehead atoms. The highest BCUT2D eigenvalue weighted by Gasteiger charge is 2.41. The maximum Gasteiger partial charge on any atom is 0.416 e. The van der Waals surface area contributed by atoms with E-state index in [9.17, 15) is 18.0 Å². The lowest BCUT2D eigenvalue weighted by Gasteiger charge is -2.15. The molecule has 17 heavy (non-hydrogen) atoms. The molecule has 2 rings (SSSR count). The molecule has 0 saturated heterocycles. The summed E-state index contributed by atoms with van der Waals surface area (Å²) in [6.45, 7) is 1.65. The SMILES string of the molecule is CC(=O)C1CN(C)c2cccc(C(F)(F)F)c21. The fourth-order valence-corrected chi connectivity index (χ4v) is 2.29. The molecule has 1 unspecified atom stereocenters. The van der Waals surface area contributed by atoms with Crippen molar-refractivity contribution in [3.8, 4) is 0 Å². The number of benzene rings is 1. The summed E-state index contributed by atoms with van der Waals surface area (Å²) in [5.74, 6) is -0.903. The summed E-state index contributed by atoms with van der Waals surface area (Å²) >= 11 is 0. The van der Waals surface area contributed by atoms with E-state index in [0.717, 1.165) is 6.07 Å². The lowest BCUT2D eigenvalue weighted by Crippen LogP contribution is -2.19. The van der Waals surface area contributed by atoms with E-state index in [1.54, 1.807) is 18.0 Å². The lowest BCUT2D eigenvalue weighted by atomic mass is 9.93. The number of alkyl halides is 3. The fraction of sp³-hybridized carbons (Fsp3) is 0.417. The number of nitrogens with zero attached hydrogens (tertiary/aromatic N) is 1. The summed E-state index contributed by atoms with van der Waals surface area (Å²) in [5, 5.41) is 0. The molecule has 1 aliphatic rings. The topological polar surface area (TPSA) is 20.3 Å². The third-order valence-corrected chi connectivity index (χ3v) is 3.10. The van der Waals surface area contributed by atoms with Crippen LogP contribution in [0.4, 0.5) is 18.9 Å². The van der Waals surface area contributed by atoms with Crippen LogP contribution in [0.2, 0.25) is 0 Å². The van der Waals surface area contributed by atoms with Gasteiger partial charge in [0, 0.05) is 19.3 Å². The van der Waals surface area contributed by atoms with Crippen molar-refractivity contribution in [2.24, 2.45) is 0 Å². The number of hydrogen-bond donors (Lipinski definition) is 0. The summed E-state index contributed by atoms with van der Waals surface area (Å²) in [4.78, 5) is 13.1. The van der Waals surface area contributed by atoms with Gasteiger partial charge in [0.2, 0.25) is 0 Å². The first kappa shape index (κ1) is 12.0. The second-order valence-corrected chi connectivity index (χ2v) is 4.28. The van der Waals surface area contributed by atoms with Gasteiger partial charge in [0.15, 0.2) is 0 Å². The molecule has 1 aromatic carbocycles. The van der Waals surface area contributed by atoms with Gasteiger partial charge in [0.25, 0.3) is 0 Å². The van der Waals surface area contributed by atoms with E-state index in [1.165, 1.54) is 13.0 Å². The van der Waals surface area contributed by atoms with Gasteiger partial charge in [-0.3, -0.25) is 4.79 Å². The van der Waals surface area contributed by atoms with Crippen molar-refractivity contribution in [1.82, 2.24) is 0 Å². The minimum Gasteiger partial charge on any atom is -0.373 e. The Hall–Kier alpha value is -1.52. The number of carbonyl (C=O) groups excluding carboxylic acids is 1. The van der Waals surface area contributed by atoms with Gasteiger partial charge in [-0.2, -0.15) is 13.2 Å². The average Bonchev–Trinajstić information content (AvgIpc) is 2.55. The molecule has 2 nitrogen and oxygen atoms in total. The highest BCUT2D eigenvalue weighted by molar-refractivity contribution is 5.89. The van der Waals surface area contributed by atoms with Crippen LogP contribution >= 0.6 is 0 Å². The zero-order chi connectivity index (χ0) is 12.8. The van der Waals surface area contributed by atoms with Crippen molar-refractivity contribution < 1.29 is 18.0 Å². The standard InChI is InChI=1S/C12H12F3NO/c1-7(17)8-6-16(2)10-5-3-4-9(11(8)10)12(13,14)15/h3-5,8H,6H2,1-2H3. The van der Waals surface area contributed by atoms with E-state index in [1.807, 2.05) is 0 Å². The average molecular weight is 243 g/mol. The van der Waals surface area contributed by atoms with E-state index < -0.39 is 17.7 Å². The van der Waals surface area contributed by atoms with Crippen molar-refractivity contribution in [3.63, 3.8) is 0 Å². The number of carbonyl (C=O) groups is 1. The molecule has 1 aliphatic heterocycles. The van der Waals surface area contributed by atoms with E-state index >= 15 is 0 Å². The molecule has 0 aromatic heterocycles. The van der Waals surface area contributed by atoms with Gasteiger partial charge in [-0.1, -0.05) is 6.07 Å². The van der Waals surface area contributed by atoms with Gasteiger partial charge in [-0.15, -0.1) is 0 Å². The Morgan fingerprint density at radius 1 is 1.41 bits per heavy atom. The number of likely N-dealkylation sites (N-methyl/N-ethyl adjacent to an activating group) is 1. The minimum absolute atomic E-state index is 0.120. The van der Waals surface area contributed by atoms with Crippen molar-refractivity contribution in [1.29, 1.82) is 0 Å². The molecule has 0 radical (unpaired) electrons. The van der Waals surface area contributed by atoms with Gasteiger partial charge < -0.3 is 4.90 Å². The number of anilines is 1. The first-order valence-electron chi connectivity index (χ1n) is 5.24. The van der Waals surface area contributed by atoms with E-state index in [0.29, 0.717) is 12.2 Å². The largest absolute Gasteiger partial charge is 0.416 e. The van der Waals surface area contributed by atoms with Crippen LogP contribution in [0.25, 0.3) is 0 Å². The zero-order valence-electron chi connectivity index (χ0n) is 9.51. The lowest BCUT2D eigenvalue weighted by molar-refractivity contribution is -0.138. The van der Waals surface area contributed by atoms with E-state index in [4.69, 9.17) is 0 Å². The zero-order valence-corrected chi connectivity index (χ0v) is 9.51. The van der Waals surface area contributed by atoms with Crippen LogP contribution in [0.1, 0.15) is 24.0 Å². The Kier molecular flexibility index (Phi) is 2.64. The van der Waals surface area contributed by atoms with Gasteiger partial charge in [-0.05, 0) is 24.6 Å². The molecular weight excluding hydrogens is 231 g/mol. The molecule has 0 fully saturated rings. The maximum absolute atomic E-state index is 12.9. The molecule has 0 N–H and O–H groups in total. The number of hydrogen-bond acceptors (Lipinski definition) is 2. The fourth-order valence-electron chi connectivity index (χ4n) is 2.29. The van der Waals surface area contributed by atoms with E-state index in [-0.39, 0.29) is 11.3 Å². The summed E-state index contributed by atoms with van der Waals surface area (Å²) in [7, 11) is 1.70. The van der Waals surface area contributed by atoms with Gasteiger partial charge in [-0.25, -0.2) is 0 Å². The number of Topliss-reactive ketones (excluding diaryl/α,β-unsaturated/α-hetero) is 1. The van der Waals surface area contributed by atoms with Crippen LogP contribution in [-0.4, -0.2) is 19.4 Å². The number of ketones is 1. The van der Waals surface area contributed by atoms with Crippen LogP contribution in [0.15, 0.2) is 18.2 Å². The normalized spacial score (nSPS) is 19.4. The number of fused-ring (bicyclic) bond motifs is 1. The maximum atomic E-state index is 12.9. The molecule has 5 heteroatoms. The monoisotopic (exact) mass is 243 g/mol. The second kappa shape index (κ2) is 3.75. The summed E-state index contributed by atoms with van der Waals surface area (Å²) in [6, 6.07) is 4.03.